The summed E-state index contributed by atoms with van der Waals surface area (Å²) in [5.41, 5.74) is 0. The van der Waals surface area contributed by atoms with Crippen molar-refractivity contribution in [3.05, 3.63) is 0 Å². The Bertz CT molecular complexity index is 66.0. The molecule has 0 aliphatic heterocycles. The summed E-state index contributed by atoms with van der Waals surface area (Å²) < 4.78 is 15.0. The highest BCUT2D eigenvalue weighted by Crippen LogP contribution is 1.92. The lowest BCUT2D eigenvalue weighted by Crippen LogP contribution is -2.24. The van der Waals surface area contributed by atoms with Gasteiger partial charge in [-0.25, -0.2) is 0 Å². The van der Waals surface area contributed by atoms with Crippen molar-refractivity contribution in [2.75, 3.05) is 20.8 Å². The molecule has 1 radical (unpaired) electrons. The molecule has 3 nitrogen and oxygen atoms in total. The Morgan fingerprint density at radius 1 is 1.20 bits per heavy atom. The summed E-state index contributed by atoms with van der Waals surface area (Å²) in [5.74, 6) is 0. The van der Waals surface area contributed by atoms with E-state index in [0.29, 0.717) is 0 Å². The SMILES string of the molecule is CCCCO[Si](OC)OC. The van der Waals surface area contributed by atoms with Crippen LogP contribution in [0.25, 0.3) is 0 Å². The van der Waals surface area contributed by atoms with E-state index in [1.165, 1.54) is 0 Å². The molecular formula is C6H15O3Si. The number of hydrogen-bond acceptors (Lipinski definition) is 3. The van der Waals surface area contributed by atoms with Gasteiger partial charge in [0.1, 0.15) is 0 Å². The van der Waals surface area contributed by atoms with Crippen LogP contribution in [0.5, 0.6) is 0 Å². The lowest BCUT2D eigenvalue weighted by molar-refractivity contribution is 0.134. The Balaban J connectivity index is 3.09. The number of rotatable bonds is 6. The molecular weight excluding hydrogens is 148 g/mol. The Kier molecular flexibility index (Phi) is 7.28. The Morgan fingerprint density at radius 2 is 1.80 bits per heavy atom. The van der Waals surface area contributed by atoms with E-state index < -0.39 is 9.53 Å². The summed E-state index contributed by atoms with van der Waals surface area (Å²) in [5, 5.41) is 0. The zero-order valence-corrected chi connectivity index (χ0v) is 7.85. The minimum absolute atomic E-state index is 0.743. The minimum atomic E-state index is -1.40. The maximum Gasteiger partial charge on any atom is 0.577 e. The summed E-state index contributed by atoms with van der Waals surface area (Å²) >= 11 is 0. The third-order valence-corrected chi connectivity index (χ3v) is 2.16. The van der Waals surface area contributed by atoms with Gasteiger partial charge in [0.25, 0.3) is 0 Å². The third-order valence-electron chi connectivity index (χ3n) is 1.05. The molecule has 0 spiro atoms. The van der Waals surface area contributed by atoms with Crippen LogP contribution in [0.4, 0.5) is 0 Å². The first-order valence-electron chi connectivity index (χ1n) is 3.42. The first-order chi connectivity index (χ1) is 4.85. The van der Waals surface area contributed by atoms with Gasteiger partial charge in [0.05, 0.1) is 0 Å². The van der Waals surface area contributed by atoms with Crippen LogP contribution in [-0.4, -0.2) is 30.4 Å². The number of unbranched alkanes of at least 4 members (excludes halogenated alkanes) is 1. The van der Waals surface area contributed by atoms with Gasteiger partial charge in [-0.2, -0.15) is 0 Å². The van der Waals surface area contributed by atoms with Crippen molar-refractivity contribution < 1.29 is 13.3 Å². The van der Waals surface area contributed by atoms with Gasteiger partial charge < -0.3 is 13.3 Å². The Labute approximate surface area is 64.3 Å². The molecule has 0 N–H and O–H groups in total. The van der Waals surface area contributed by atoms with Crippen molar-refractivity contribution >= 4 is 9.53 Å². The van der Waals surface area contributed by atoms with Gasteiger partial charge in [-0.3, -0.25) is 0 Å². The maximum atomic E-state index is 5.24. The number of hydrogen-bond donors (Lipinski definition) is 0. The van der Waals surface area contributed by atoms with Crippen LogP contribution in [0.1, 0.15) is 19.8 Å². The van der Waals surface area contributed by atoms with Gasteiger partial charge >= 0.3 is 9.53 Å². The van der Waals surface area contributed by atoms with Crippen molar-refractivity contribution in [1.82, 2.24) is 0 Å². The molecule has 0 saturated carbocycles. The van der Waals surface area contributed by atoms with E-state index in [-0.39, 0.29) is 0 Å². The van der Waals surface area contributed by atoms with Crippen LogP contribution < -0.4 is 0 Å². The monoisotopic (exact) mass is 163 g/mol. The van der Waals surface area contributed by atoms with E-state index >= 15 is 0 Å². The fourth-order valence-electron chi connectivity index (χ4n) is 0.501. The van der Waals surface area contributed by atoms with Gasteiger partial charge in [0.2, 0.25) is 0 Å². The van der Waals surface area contributed by atoms with Crippen molar-refractivity contribution in [3.63, 3.8) is 0 Å². The van der Waals surface area contributed by atoms with Gasteiger partial charge in [-0.05, 0) is 6.42 Å². The van der Waals surface area contributed by atoms with E-state index in [0.717, 1.165) is 19.4 Å². The van der Waals surface area contributed by atoms with E-state index in [9.17, 15) is 0 Å². The molecule has 0 bridgehead atoms. The lowest BCUT2D eigenvalue weighted by atomic mass is 10.4. The lowest BCUT2D eigenvalue weighted by Gasteiger charge is -2.07. The van der Waals surface area contributed by atoms with Crippen molar-refractivity contribution in [3.8, 4) is 0 Å². The molecule has 0 rings (SSSR count). The molecule has 0 atom stereocenters. The van der Waals surface area contributed by atoms with Crippen LogP contribution in [-0.2, 0) is 13.3 Å². The molecule has 0 fully saturated rings. The topological polar surface area (TPSA) is 27.7 Å². The van der Waals surface area contributed by atoms with E-state index in [1.807, 2.05) is 0 Å². The molecule has 0 aromatic carbocycles. The molecule has 0 unspecified atom stereocenters. The fourth-order valence-corrected chi connectivity index (χ4v) is 1.21. The average Bonchev–Trinajstić information content (AvgIpc) is 1.99. The van der Waals surface area contributed by atoms with Crippen LogP contribution in [0.3, 0.4) is 0 Å². The molecule has 0 aliphatic carbocycles. The molecule has 0 aromatic rings. The predicted octanol–water partition coefficient (Wildman–Crippen LogP) is 1.08. The summed E-state index contributed by atoms with van der Waals surface area (Å²) in [7, 11) is 1.81. The highest BCUT2D eigenvalue weighted by molar-refractivity contribution is 6.36. The van der Waals surface area contributed by atoms with Crippen molar-refractivity contribution in [2.24, 2.45) is 0 Å². The van der Waals surface area contributed by atoms with Crippen LogP contribution in [0.15, 0.2) is 0 Å². The van der Waals surface area contributed by atoms with Gasteiger partial charge in [-0.15, -0.1) is 0 Å². The Morgan fingerprint density at radius 3 is 2.20 bits per heavy atom. The maximum absolute atomic E-state index is 5.24. The summed E-state index contributed by atoms with van der Waals surface area (Å²) in [4.78, 5) is 0. The molecule has 0 amide bonds. The highest BCUT2D eigenvalue weighted by Gasteiger charge is 2.13. The molecule has 4 heteroatoms. The normalized spacial score (nSPS) is 10.8. The van der Waals surface area contributed by atoms with E-state index in [4.69, 9.17) is 13.3 Å². The van der Waals surface area contributed by atoms with Crippen LogP contribution >= 0.6 is 0 Å². The average molecular weight is 163 g/mol. The van der Waals surface area contributed by atoms with E-state index in [1.54, 1.807) is 14.2 Å². The smallest absolute Gasteiger partial charge is 0.375 e. The zero-order chi connectivity index (χ0) is 7.82. The molecule has 0 saturated heterocycles. The van der Waals surface area contributed by atoms with Crippen LogP contribution in [0.2, 0.25) is 0 Å². The first-order valence-corrected chi connectivity index (χ1v) is 4.65. The highest BCUT2D eigenvalue weighted by atomic mass is 28.3. The quantitative estimate of drug-likeness (QED) is 0.433. The minimum Gasteiger partial charge on any atom is -0.375 e. The van der Waals surface area contributed by atoms with Crippen molar-refractivity contribution in [2.45, 2.75) is 19.8 Å². The summed E-state index contributed by atoms with van der Waals surface area (Å²) in [6.45, 7) is 2.86. The summed E-state index contributed by atoms with van der Waals surface area (Å²) in [6.07, 6.45) is 2.21. The van der Waals surface area contributed by atoms with Gasteiger partial charge in [0, 0.05) is 20.8 Å². The molecule has 0 heterocycles. The van der Waals surface area contributed by atoms with E-state index in [2.05, 4.69) is 6.92 Å². The second-order valence-electron chi connectivity index (χ2n) is 1.86. The second kappa shape index (κ2) is 7.21. The zero-order valence-electron chi connectivity index (χ0n) is 6.85. The molecule has 0 aromatic heterocycles. The molecule has 10 heavy (non-hydrogen) atoms. The van der Waals surface area contributed by atoms with Gasteiger partial charge in [0.15, 0.2) is 0 Å². The first kappa shape index (κ1) is 10.1. The standard InChI is InChI=1S/C6H15O3Si/c1-4-5-6-9-10(7-2)8-3/h4-6H2,1-3H3. The predicted molar refractivity (Wildman–Crippen MR) is 40.6 cm³/mol. The fraction of sp³-hybridized carbons (Fsp3) is 1.00. The molecule has 0 aliphatic rings. The second-order valence-corrected chi connectivity index (χ2v) is 3.47. The largest absolute Gasteiger partial charge is 0.577 e. The summed E-state index contributed by atoms with van der Waals surface area (Å²) in [6, 6.07) is 0. The van der Waals surface area contributed by atoms with Crippen LogP contribution in [0, 0.1) is 0 Å². The third kappa shape index (κ3) is 4.93. The van der Waals surface area contributed by atoms with Gasteiger partial charge in [-0.1, -0.05) is 13.3 Å². The molecule has 61 valence electrons. The Hall–Kier alpha value is 0.0969. The van der Waals surface area contributed by atoms with Crippen molar-refractivity contribution in [1.29, 1.82) is 0 Å².